The van der Waals surface area contributed by atoms with Crippen LogP contribution in [0.15, 0.2) is 48.5 Å². The zero-order valence-corrected chi connectivity index (χ0v) is 19.8. The molecular weight excluding hydrogens is 444 g/mol. The summed E-state index contributed by atoms with van der Waals surface area (Å²) in [6, 6.07) is 16.3. The highest BCUT2D eigenvalue weighted by Crippen LogP contribution is 2.47. The Balaban J connectivity index is 1.18. The van der Waals surface area contributed by atoms with Gasteiger partial charge in [-0.25, -0.2) is 9.59 Å². The van der Waals surface area contributed by atoms with E-state index in [-0.39, 0.29) is 25.0 Å². The number of fused-ring (bicyclic) bond motifs is 3. The van der Waals surface area contributed by atoms with Gasteiger partial charge in [-0.15, -0.1) is 0 Å². The van der Waals surface area contributed by atoms with Crippen molar-refractivity contribution >= 4 is 18.0 Å². The summed E-state index contributed by atoms with van der Waals surface area (Å²) in [5, 5.41) is 15.5. The summed E-state index contributed by atoms with van der Waals surface area (Å²) in [5.41, 5.74) is 2.66. The zero-order chi connectivity index (χ0) is 24.5. The van der Waals surface area contributed by atoms with E-state index in [1.165, 1.54) is 0 Å². The van der Waals surface area contributed by atoms with Gasteiger partial charge in [0.25, 0.3) is 0 Å². The van der Waals surface area contributed by atoms with Crippen LogP contribution < -0.4 is 10.6 Å². The molecule has 2 saturated carbocycles. The lowest BCUT2D eigenvalue weighted by atomic mass is 9.89. The van der Waals surface area contributed by atoms with Gasteiger partial charge in [0.1, 0.15) is 12.1 Å². The quantitative estimate of drug-likeness (QED) is 0.507. The van der Waals surface area contributed by atoms with Crippen molar-refractivity contribution in [3.05, 3.63) is 59.7 Å². The van der Waals surface area contributed by atoms with Crippen molar-refractivity contribution in [2.24, 2.45) is 5.41 Å². The molecule has 2 fully saturated rings. The Kier molecular flexibility index (Phi) is 6.26. The van der Waals surface area contributed by atoms with E-state index in [1.807, 2.05) is 24.3 Å². The average molecular weight is 477 g/mol. The summed E-state index contributed by atoms with van der Waals surface area (Å²) in [6.07, 6.45) is 5.13. The number of carboxylic acids is 1. The van der Waals surface area contributed by atoms with Crippen molar-refractivity contribution in [2.45, 2.75) is 62.8 Å². The molecule has 0 heterocycles. The molecule has 0 unspecified atom stereocenters. The predicted octanol–water partition coefficient (Wildman–Crippen LogP) is 4.60. The van der Waals surface area contributed by atoms with Crippen molar-refractivity contribution < 1.29 is 24.2 Å². The standard InChI is InChI=1S/C28H32N2O5/c31-24(30-28(25(32)33)13-7-1-2-8-14-28)27(15-16-27)18-29-26(34)35-17-23-21-11-5-3-9-19(21)20-10-4-6-12-22(20)23/h3-6,9-12,23H,1-2,7-8,13-18H2,(H,29,34)(H,30,31)(H,32,33). The molecule has 0 aromatic heterocycles. The molecule has 35 heavy (non-hydrogen) atoms. The molecule has 7 nitrogen and oxygen atoms in total. The van der Waals surface area contributed by atoms with Gasteiger partial charge in [-0.1, -0.05) is 74.2 Å². The fourth-order valence-electron chi connectivity index (χ4n) is 5.60. The highest BCUT2D eigenvalue weighted by Gasteiger charge is 2.53. The SMILES string of the molecule is O=C(NCC1(C(=O)NC2(C(=O)O)CCCCCC2)CC1)OCC1c2ccccc2-c2ccccc21. The normalized spacial score (nSPS) is 19.5. The second kappa shape index (κ2) is 9.36. The van der Waals surface area contributed by atoms with E-state index in [0.717, 1.165) is 47.9 Å². The predicted molar refractivity (Wildman–Crippen MR) is 131 cm³/mol. The largest absolute Gasteiger partial charge is 0.480 e. The van der Waals surface area contributed by atoms with E-state index < -0.39 is 23.0 Å². The fraction of sp³-hybridized carbons (Fsp3) is 0.464. The summed E-state index contributed by atoms with van der Waals surface area (Å²) < 4.78 is 5.59. The number of carbonyl (C=O) groups is 3. The Morgan fingerprint density at radius 3 is 1.97 bits per heavy atom. The van der Waals surface area contributed by atoms with Gasteiger partial charge in [0.2, 0.25) is 5.91 Å². The minimum absolute atomic E-state index is 0.0306. The number of ether oxygens (including phenoxy) is 1. The molecule has 2 amide bonds. The maximum atomic E-state index is 13.1. The number of rotatable bonds is 7. The van der Waals surface area contributed by atoms with Crippen LogP contribution in [0.25, 0.3) is 11.1 Å². The third-order valence-electron chi connectivity index (χ3n) is 7.97. The molecule has 3 aliphatic carbocycles. The first kappa shape index (κ1) is 23.4. The third-order valence-corrected chi connectivity index (χ3v) is 7.97. The number of carboxylic acid groups (broad SMARTS) is 1. The van der Waals surface area contributed by atoms with Gasteiger partial charge in [-0.05, 0) is 47.9 Å². The van der Waals surface area contributed by atoms with Gasteiger partial charge >= 0.3 is 12.1 Å². The van der Waals surface area contributed by atoms with E-state index in [9.17, 15) is 19.5 Å². The van der Waals surface area contributed by atoms with Crippen molar-refractivity contribution in [3.8, 4) is 11.1 Å². The number of aliphatic carboxylic acids is 1. The lowest BCUT2D eigenvalue weighted by molar-refractivity contribution is -0.149. The molecule has 5 rings (SSSR count). The maximum absolute atomic E-state index is 13.1. The Morgan fingerprint density at radius 2 is 1.43 bits per heavy atom. The van der Waals surface area contributed by atoms with Crippen molar-refractivity contribution in [3.63, 3.8) is 0 Å². The molecule has 3 aliphatic rings. The molecule has 0 aliphatic heterocycles. The molecule has 0 radical (unpaired) electrons. The summed E-state index contributed by atoms with van der Waals surface area (Å²) >= 11 is 0. The Bertz CT molecular complexity index is 1090. The highest BCUT2D eigenvalue weighted by molar-refractivity contribution is 5.92. The summed E-state index contributed by atoms with van der Waals surface area (Å²) in [4.78, 5) is 37.7. The second-order valence-corrected chi connectivity index (χ2v) is 10.2. The van der Waals surface area contributed by atoms with Crippen LogP contribution in [0, 0.1) is 5.41 Å². The lowest BCUT2D eigenvalue weighted by Gasteiger charge is -2.31. The molecule has 3 N–H and O–H groups in total. The number of hydrogen-bond donors (Lipinski definition) is 3. The Morgan fingerprint density at radius 1 is 0.857 bits per heavy atom. The molecular formula is C28H32N2O5. The van der Waals surface area contributed by atoms with E-state index in [2.05, 4.69) is 34.9 Å². The number of carbonyl (C=O) groups excluding carboxylic acids is 2. The van der Waals surface area contributed by atoms with E-state index in [1.54, 1.807) is 0 Å². The number of amides is 2. The first-order valence-corrected chi connectivity index (χ1v) is 12.6. The van der Waals surface area contributed by atoms with Crippen molar-refractivity contribution in [1.29, 1.82) is 0 Å². The maximum Gasteiger partial charge on any atom is 0.407 e. The summed E-state index contributed by atoms with van der Waals surface area (Å²) in [6.45, 7) is 0.354. The van der Waals surface area contributed by atoms with Crippen LogP contribution in [0.2, 0.25) is 0 Å². The molecule has 7 heteroatoms. The van der Waals surface area contributed by atoms with Gasteiger partial charge in [0, 0.05) is 12.5 Å². The third kappa shape index (κ3) is 4.51. The van der Waals surface area contributed by atoms with Gasteiger partial charge in [0.15, 0.2) is 0 Å². The molecule has 0 atom stereocenters. The lowest BCUT2D eigenvalue weighted by Crippen LogP contribution is -2.57. The molecule has 2 aromatic carbocycles. The smallest absolute Gasteiger partial charge is 0.407 e. The first-order chi connectivity index (χ1) is 16.9. The van der Waals surface area contributed by atoms with E-state index in [4.69, 9.17) is 4.74 Å². The summed E-state index contributed by atoms with van der Waals surface area (Å²) in [7, 11) is 0. The number of benzene rings is 2. The monoisotopic (exact) mass is 476 g/mol. The van der Waals surface area contributed by atoms with Crippen LogP contribution in [0.1, 0.15) is 68.4 Å². The second-order valence-electron chi connectivity index (χ2n) is 10.2. The van der Waals surface area contributed by atoms with Crippen LogP contribution in [-0.4, -0.2) is 41.8 Å². The Hall–Kier alpha value is -3.35. The van der Waals surface area contributed by atoms with Crippen molar-refractivity contribution in [2.75, 3.05) is 13.2 Å². The minimum Gasteiger partial charge on any atom is -0.480 e. The topological polar surface area (TPSA) is 105 Å². The van der Waals surface area contributed by atoms with Gasteiger partial charge < -0.3 is 20.5 Å². The fourth-order valence-corrected chi connectivity index (χ4v) is 5.60. The first-order valence-electron chi connectivity index (χ1n) is 12.6. The highest BCUT2D eigenvalue weighted by atomic mass is 16.5. The van der Waals surface area contributed by atoms with Gasteiger partial charge in [-0.2, -0.15) is 0 Å². The minimum atomic E-state index is -1.20. The van der Waals surface area contributed by atoms with Crippen LogP contribution in [0.5, 0.6) is 0 Å². The number of nitrogens with one attached hydrogen (secondary N) is 2. The Labute approximate surface area is 205 Å². The van der Waals surface area contributed by atoms with E-state index >= 15 is 0 Å². The molecule has 0 bridgehead atoms. The molecule has 2 aromatic rings. The van der Waals surface area contributed by atoms with Crippen LogP contribution in [0.4, 0.5) is 4.79 Å². The number of hydrogen-bond acceptors (Lipinski definition) is 4. The van der Waals surface area contributed by atoms with Crippen molar-refractivity contribution in [1.82, 2.24) is 10.6 Å². The van der Waals surface area contributed by atoms with Gasteiger partial charge in [0.05, 0.1) is 5.41 Å². The summed E-state index contributed by atoms with van der Waals surface area (Å²) in [5.74, 6) is -1.27. The number of alkyl carbamates (subject to hydrolysis) is 1. The van der Waals surface area contributed by atoms with Gasteiger partial charge in [-0.3, -0.25) is 4.79 Å². The zero-order valence-electron chi connectivity index (χ0n) is 19.8. The average Bonchev–Trinajstić information content (AvgIpc) is 3.64. The van der Waals surface area contributed by atoms with E-state index in [0.29, 0.717) is 25.7 Å². The van der Waals surface area contributed by atoms with Crippen LogP contribution in [-0.2, 0) is 14.3 Å². The van der Waals surface area contributed by atoms with Crippen LogP contribution in [0.3, 0.4) is 0 Å². The van der Waals surface area contributed by atoms with Crippen LogP contribution >= 0.6 is 0 Å². The molecule has 184 valence electrons. The molecule has 0 saturated heterocycles. The molecule has 0 spiro atoms.